The van der Waals surface area contributed by atoms with Crippen LogP contribution in [0.5, 0.6) is 0 Å². The molecule has 17 heavy (non-hydrogen) atoms. The van der Waals surface area contributed by atoms with E-state index in [1.54, 1.807) is 0 Å². The van der Waals surface area contributed by atoms with E-state index in [9.17, 15) is 0 Å². The Morgan fingerprint density at radius 1 is 1.18 bits per heavy atom. The van der Waals surface area contributed by atoms with Crippen LogP contribution >= 0.6 is 11.6 Å². The third-order valence-corrected chi connectivity index (χ3v) is 4.52. The summed E-state index contributed by atoms with van der Waals surface area (Å²) in [7, 11) is 0. The molecule has 94 valence electrons. The molecule has 2 aliphatic rings. The minimum atomic E-state index is 0.745. The number of allylic oxidation sites excluding steroid dienone is 4. The molecule has 2 rings (SSSR count). The van der Waals surface area contributed by atoms with Crippen molar-refractivity contribution in [1.29, 1.82) is 5.41 Å². The SMILES string of the molecule is N=CCC(=CCC(Cl)=C1CCCC1)C1CCC1. The molecule has 2 aliphatic carbocycles. The summed E-state index contributed by atoms with van der Waals surface area (Å²) in [6.45, 7) is 0. The summed E-state index contributed by atoms with van der Waals surface area (Å²) in [5, 5.41) is 8.34. The molecule has 2 heteroatoms. The number of nitrogens with one attached hydrogen (secondary N) is 1. The van der Waals surface area contributed by atoms with Crippen molar-refractivity contribution in [1.82, 2.24) is 0 Å². The smallest absolute Gasteiger partial charge is 0.0210 e. The summed E-state index contributed by atoms with van der Waals surface area (Å²) in [5.74, 6) is 0.745. The second kappa shape index (κ2) is 6.39. The monoisotopic (exact) mass is 251 g/mol. The highest BCUT2D eigenvalue weighted by molar-refractivity contribution is 6.30. The maximum Gasteiger partial charge on any atom is 0.0210 e. The largest absolute Gasteiger partial charge is 0.313 e. The molecule has 0 aromatic rings. The quantitative estimate of drug-likeness (QED) is 0.512. The van der Waals surface area contributed by atoms with E-state index in [1.807, 2.05) is 0 Å². The van der Waals surface area contributed by atoms with Crippen LogP contribution in [0.2, 0.25) is 0 Å². The summed E-state index contributed by atoms with van der Waals surface area (Å²) in [6, 6.07) is 0. The lowest BCUT2D eigenvalue weighted by molar-refractivity contribution is 0.364. The first-order valence-corrected chi connectivity index (χ1v) is 7.23. The van der Waals surface area contributed by atoms with Crippen molar-refractivity contribution in [3.8, 4) is 0 Å². The number of hydrogen-bond donors (Lipinski definition) is 1. The molecule has 0 atom stereocenters. The molecule has 0 amide bonds. The lowest BCUT2D eigenvalue weighted by atomic mass is 9.78. The Hall–Kier alpha value is -0.560. The van der Waals surface area contributed by atoms with Gasteiger partial charge in [-0.05, 0) is 50.7 Å². The molecule has 0 bridgehead atoms. The van der Waals surface area contributed by atoms with Crippen LogP contribution in [0.25, 0.3) is 0 Å². The predicted octanol–water partition coefficient (Wildman–Crippen LogP) is 5.21. The van der Waals surface area contributed by atoms with Gasteiger partial charge in [0.05, 0.1) is 0 Å². The van der Waals surface area contributed by atoms with Crippen LogP contribution in [0.1, 0.15) is 57.8 Å². The Kier molecular flexibility index (Phi) is 4.85. The summed E-state index contributed by atoms with van der Waals surface area (Å²) in [6.07, 6.45) is 14.6. The fraction of sp³-hybridized carbons (Fsp3) is 0.667. The van der Waals surface area contributed by atoms with Gasteiger partial charge in [0.15, 0.2) is 0 Å². The second-order valence-electron chi connectivity index (χ2n) is 5.23. The lowest BCUT2D eigenvalue weighted by Crippen LogP contribution is -2.14. The normalized spacial score (nSPS) is 21.5. The van der Waals surface area contributed by atoms with Gasteiger partial charge in [-0.15, -0.1) is 0 Å². The summed E-state index contributed by atoms with van der Waals surface area (Å²) in [5.41, 5.74) is 2.92. The van der Waals surface area contributed by atoms with Gasteiger partial charge in [0.1, 0.15) is 0 Å². The molecule has 0 aromatic carbocycles. The molecule has 0 radical (unpaired) electrons. The van der Waals surface area contributed by atoms with Crippen LogP contribution < -0.4 is 0 Å². The Morgan fingerprint density at radius 2 is 1.88 bits per heavy atom. The zero-order chi connectivity index (χ0) is 12.1. The Balaban J connectivity index is 1.95. The van der Waals surface area contributed by atoms with Gasteiger partial charge in [-0.1, -0.05) is 35.2 Å². The van der Waals surface area contributed by atoms with Crippen LogP contribution in [0.15, 0.2) is 22.3 Å². The van der Waals surface area contributed by atoms with Crippen molar-refractivity contribution >= 4 is 17.8 Å². The highest BCUT2D eigenvalue weighted by atomic mass is 35.5. The van der Waals surface area contributed by atoms with Gasteiger partial charge in [0.2, 0.25) is 0 Å². The average Bonchev–Trinajstić information content (AvgIpc) is 2.76. The van der Waals surface area contributed by atoms with Crippen molar-refractivity contribution in [2.24, 2.45) is 5.92 Å². The predicted molar refractivity (Wildman–Crippen MR) is 74.8 cm³/mol. The van der Waals surface area contributed by atoms with Gasteiger partial charge in [0, 0.05) is 17.9 Å². The zero-order valence-corrected chi connectivity index (χ0v) is 11.2. The van der Waals surface area contributed by atoms with Gasteiger partial charge >= 0.3 is 0 Å². The van der Waals surface area contributed by atoms with Crippen molar-refractivity contribution in [3.05, 3.63) is 22.3 Å². The minimum Gasteiger partial charge on any atom is -0.313 e. The van der Waals surface area contributed by atoms with Crippen LogP contribution in [-0.4, -0.2) is 6.21 Å². The third kappa shape index (κ3) is 3.45. The van der Waals surface area contributed by atoms with Crippen LogP contribution in [0, 0.1) is 11.3 Å². The van der Waals surface area contributed by atoms with Crippen LogP contribution in [0.4, 0.5) is 0 Å². The van der Waals surface area contributed by atoms with E-state index in [-0.39, 0.29) is 0 Å². The Bertz CT molecular complexity index is 329. The number of hydrogen-bond acceptors (Lipinski definition) is 1. The van der Waals surface area contributed by atoms with Gasteiger partial charge in [-0.2, -0.15) is 0 Å². The fourth-order valence-corrected chi connectivity index (χ4v) is 3.02. The Labute approximate surface area is 109 Å². The van der Waals surface area contributed by atoms with Crippen LogP contribution in [-0.2, 0) is 0 Å². The molecule has 0 saturated heterocycles. The molecule has 0 spiro atoms. The molecule has 0 aliphatic heterocycles. The maximum atomic E-state index is 7.27. The molecular weight excluding hydrogens is 230 g/mol. The van der Waals surface area contributed by atoms with Crippen molar-refractivity contribution in [3.63, 3.8) is 0 Å². The molecule has 2 fully saturated rings. The van der Waals surface area contributed by atoms with E-state index >= 15 is 0 Å². The lowest BCUT2D eigenvalue weighted by Gasteiger charge is -2.27. The molecule has 1 N–H and O–H groups in total. The number of rotatable bonds is 5. The van der Waals surface area contributed by atoms with E-state index in [2.05, 4.69) is 6.08 Å². The average molecular weight is 252 g/mol. The van der Waals surface area contributed by atoms with E-state index in [1.165, 1.54) is 62.3 Å². The standard InChI is InChI=1S/C15H22ClN/c16-15(14-4-1-2-5-14)9-8-13(10-11-17)12-6-3-7-12/h8,11-12,17H,1-7,9-10H2. The second-order valence-corrected chi connectivity index (χ2v) is 5.69. The minimum absolute atomic E-state index is 0.745. The first-order valence-electron chi connectivity index (χ1n) is 6.85. The number of halogens is 1. The summed E-state index contributed by atoms with van der Waals surface area (Å²) >= 11 is 6.38. The maximum absolute atomic E-state index is 7.27. The highest BCUT2D eigenvalue weighted by Gasteiger charge is 2.21. The Morgan fingerprint density at radius 3 is 2.41 bits per heavy atom. The summed E-state index contributed by atoms with van der Waals surface area (Å²) in [4.78, 5) is 0. The van der Waals surface area contributed by atoms with Crippen molar-refractivity contribution < 1.29 is 0 Å². The van der Waals surface area contributed by atoms with Crippen molar-refractivity contribution in [2.45, 2.75) is 57.8 Å². The van der Waals surface area contributed by atoms with E-state index in [0.717, 1.165) is 23.8 Å². The van der Waals surface area contributed by atoms with E-state index in [4.69, 9.17) is 17.0 Å². The molecule has 0 unspecified atom stereocenters. The summed E-state index contributed by atoms with van der Waals surface area (Å²) < 4.78 is 0. The van der Waals surface area contributed by atoms with Gasteiger partial charge < -0.3 is 5.41 Å². The first-order chi connectivity index (χ1) is 8.31. The van der Waals surface area contributed by atoms with Gasteiger partial charge in [-0.25, -0.2) is 0 Å². The zero-order valence-electron chi connectivity index (χ0n) is 10.5. The van der Waals surface area contributed by atoms with Crippen molar-refractivity contribution in [2.75, 3.05) is 0 Å². The highest BCUT2D eigenvalue weighted by Crippen LogP contribution is 2.36. The van der Waals surface area contributed by atoms with Gasteiger partial charge in [-0.3, -0.25) is 0 Å². The van der Waals surface area contributed by atoms with E-state index in [0.29, 0.717) is 0 Å². The molecular formula is C15H22ClN. The van der Waals surface area contributed by atoms with Crippen LogP contribution in [0.3, 0.4) is 0 Å². The molecule has 2 saturated carbocycles. The first kappa shape index (κ1) is 12.9. The third-order valence-electron chi connectivity index (χ3n) is 4.10. The topological polar surface area (TPSA) is 23.9 Å². The van der Waals surface area contributed by atoms with E-state index < -0.39 is 0 Å². The fourth-order valence-electron chi connectivity index (χ4n) is 2.75. The van der Waals surface area contributed by atoms with Gasteiger partial charge in [0.25, 0.3) is 0 Å². The molecule has 1 nitrogen and oxygen atoms in total. The molecule has 0 aromatic heterocycles. The molecule has 0 heterocycles.